The molecule has 112 valence electrons. The maximum atomic E-state index is 12.5. The lowest BCUT2D eigenvalue weighted by molar-refractivity contribution is -0.142. The zero-order chi connectivity index (χ0) is 15.4. The molecule has 0 saturated heterocycles. The lowest BCUT2D eigenvalue weighted by Gasteiger charge is -2.12. The van der Waals surface area contributed by atoms with Crippen LogP contribution in [0, 0.1) is 6.92 Å². The summed E-state index contributed by atoms with van der Waals surface area (Å²) in [5.74, 6) is -0.998. The minimum Gasteiger partial charge on any atom is -0.477 e. The summed E-state index contributed by atoms with van der Waals surface area (Å²) in [5.41, 5.74) is 2.61. The molecule has 0 radical (unpaired) electrons. The van der Waals surface area contributed by atoms with Crippen LogP contribution in [-0.4, -0.2) is 27.0 Å². The van der Waals surface area contributed by atoms with E-state index in [-0.39, 0.29) is 4.88 Å². The van der Waals surface area contributed by atoms with E-state index in [2.05, 4.69) is 5.10 Å². The average molecular weight is 316 g/mol. The molecule has 0 unspecified atom stereocenters. The van der Waals surface area contributed by atoms with E-state index in [1.807, 2.05) is 0 Å². The molecule has 2 heterocycles. The third-order valence-electron chi connectivity index (χ3n) is 3.44. The van der Waals surface area contributed by atoms with Gasteiger partial charge in [0.05, 0.1) is 5.69 Å². The Kier molecular flexibility index (Phi) is 3.09. The minimum absolute atomic E-state index is 0.263. The van der Waals surface area contributed by atoms with Crippen molar-refractivity contribution in [2.24, 2.45) is 0 Å². The maximum Gasteiger partial charge on any atom is 0.408 e. The van der Waals surface area contributed by atoms with Crippen molar-refractivity contribution in [3.05, 3.63) is 27.1 Å². The van der Waals surface area contributed by atoms with Crippen LogP contribution in [0.25, 0.3) is 11.3 Å². The van der Waals surface area contributed by atoms with Crippen molar-refractivity contribution >= 4 is 17.3 Å². The first-order valence-corrected chi connectivity index (χ1v) is 7.07. The molecule has 21 heavy (non-hydrogen) atoms. The Bertz CT molecular complexity index is 731. The number of fused-ring (bicyclic) bond motifs is 3. The standard InChI is InChI=1S/C13H11F3N2O2S/c1-6-9-8(11(21-6)12(19)20)3-2-7-4-18(17-10(7)9)5-13(14,15)16/h4H,2-3,5H2,1H3,(H,19,20). The van der Waals surface area contributed by atoms with Gasteiger partial charge in [-0.25, -0.2) is 4.79 Å². The van der Waals surface area contributed by atoms with E-state index in [1.165, 1.54) is 6.20 Å². The molecule has 0 aliphatic heterocycles. The van der Waals surface area contributed by atoms with E-state index in [4.69, 9.17) is 0 Å². The Morgan fingerprint density at radius 1 is 1.48 bits per heavy atom. The predicted octanol–water partition coefficient (Wildman–Crippen LogP) is 3.28. The number of halogens is 3. The van der Waals surface area contributed by atoms with Crippen LogP contribution in [0.3, 0.4) is 0 Å². The molecule has 3 rings (SSSR count). The molecule has 0 aromatic carbocycles. The van der Waals surface area contributed by atoms with Crippen molar-refractivity contribution in [1.29, 1.82) is 0 Å². The topological polar surface area (TPSA) is 55.1 Å². The van der Waals surface area contributed by atoms with Crippen LogP contribution in [0.5, 0.6) is 0 Å². The van der Waals surface area contributed by atoms with Crippen LogP contribution < -0.4 is 0 Å². The molecule has 1 aliphatic rings. The van der Waals surface area contributed by atoms with Gasteiger partial charge < -0.3 is 5.11 Å². The first-order valence-electron chi connectivity index (χ1n) is 6.25. The second-order valence-electron chi connectivity index (χ2n) is 4.96. The SMILES string of the molecule is Cc1sc(C(=O)O)c2c1-c1nn(CC(F)(F)F)cc1CC2. The first kappa shape index (κ1) is 14.1. The average Bonchev–Trinajstić information content (AvgIpc) is 2.87. The largest absolute Gasteiger partial charge is 0.477 e. The van der Waals surface area contributed by atoms with E-state index in [9.17, 15) is 23.1 Å². The monoisotopic (exact) mass is 316 g/mol. The van der Waals surface area contributed by atoms with Gasteiger partial charge in [0.15, 0.2) is 0 Å². The van der Waals surface area contributed by atoms with Crippen LogP contribution in [0.1, 0.15) is 25.7 Å². The van der Waals surface area contributed by atoms with Crippen LogP contribution in [0.2, 0.25) is 0 Å². The van der Waals surface area contributed by atoms with Gasteiger partial charge in [0.2, 0.25) is 0 Å². The Labute approximate surface area is 121 Å². The van der Waals surface area contributed by atoms with Gasteiger partial charge >= 0.3 is 12.1 Å². The predicted molar refractivity (Wildman–Crippen MR) is 70.7 cm³/mol. The Hall–Kier alpha value is -1.83. The van der Waals surface area contributed by atoms with E-state index in [0.717, 1.165) is 26.5 Å². The molecule has 0 saturated carbocycles. The van der Waals surface area contributed by atoms with Gasteiger partial charge in [-0.15, -0.1) is 11.3 Å². The van der Waals surface area contributed by atoms with Gasteiger partial charge in [-0.2, -0.15) is 18.3 Å². The number of rotatable bonds is 2. The number of nitrogens with zero attached hydrogens (tertiary/aromatic N) is 2. The van der Waals surface area contributed by atoms with E-state index in [1.54, 1.807) is 6.92 Å². The molecule has 0 spiro atoms. The van der Waals surface area contributed by atoms with Crippen molar-refractivity contribution < 1.29 is 23.1 Å². The molecule has 0 atom stereocenters. The summed E-state index contributed by atoms with van der Waals surface area (Å²) in [6.07, 6.45) is -1.89. The van der Waals surface area contributed by atoms with Gasteiger partial charge in [-0.1, -0.05) is 0 Å². The van der Waals surface area contributed by atoms with Crippen LogP contribution in [0.15, 0.2) is 6.20 Å². The summed E-state index contributed by atoms with van der Waals surface area (Å²) >= 11 is 1.15. The van der Waals surface area contributed by atoms with Crippen molar-refractivity contribution in [3.8, 4) is 11.3 Å². The number of aryl methyl sites for hydroxylation is 2. The molecule has 4 nitrogen and oxygen atoms in total. The highest BCUT2D eigenvalue weighted by molar-refractivity contribution is 7.14. The summed E-state index contributed by atoms with van der Waals surface area (Å²) in [5, 5.41) is 13.2. The Morgan fingerprint density at radius 3 is 2.81 bits per heavy atom. The summed E-state index contributed by atoms with van der Waals surface area (Å²) in [6.45, 7) is 0.637. The normalized spacial score (nSPS) is 13.9. The molecule has 8 heteroatoms. The number of hydrogen-bond acceptors (Lipinski definition) is 3. The second-order valence-corrected chi connectivity index (χ2v) is 6.19. The third kappa shape index (κ3) is 2.44. The lowest BCUT2D eigenvalue weighted by Crippen LogP contribution is -2.17. The smallest absolute Gasteiger partial charge is 0.408 e. The number of carbonyl (C=O) groups is 1. The lowest BCUT2D eigenvalue weighted by atomic mass is 9.91. The Morgan fingerprint density at radius 2 is 2.19 bits per heavy atom. The molecule has 0 amide bonds. The van der Waals surface area contributed by atoms with Crippen molar-refractivity contribution in [1.82, 2.24) is 9.78 Å². The van der Waals surface area contributed by atoms with Crippen LogP contribution in [0.4, 0.5) is 13.2 Å². The van der Waals surface area contributed by atoms with Crippen LogP contribution >= 0.6 is 11.3 Å². The number of carboxylic acid groups (broad SMARTS) is 1. The molecule has 0 bridgehead atoms. The van der Waals surface area contributed by atoms with Gasteiger partial charge in [0, 0.05) is 16.6 Å². The maximum absolute atomic E-state index is 12.5. The molecule has 2 aromatic heterocycles. The molecule has 2 aromatic rings. The number of aromatic carboxylic acids is 1. The van der Waals surface area contributed by atoms with Crippen LogP contribution in [-0.2, 0) is 19.4 Å². The molecule has 0 fully saturated rings. The van der Waals surface area contributed by atoms with Gasteiger partial charge in [-0.05, 0) is 30.9 Å². The highest BCUT2D eigenvalue weighted by Crippen LogP contribution is 2.41. The fourth-order valence-electron chi connectivity index (χ4n) is 2.69. The number of aromatic nitrogens is 2. The summed E-state index contributed by atoms with van der Waals surface area (Å²) in [4.78, 5) is 12.3. The van der Waals surface area contributed by atoms with Crippen molar-refractivity contribution in [2.75, 3.05) is 0 Å². The summed E-state index contributed by atoms with van der Waals surface area (Å²) in [7, 11) is 0. The van der Waals surface area contributed by atoms with E-state index >= 15 is 0 Å². The molecule has 1 N–H and O–H groups in total. The number of hydrogen-bond donors (Lipinski definition) is 1. The van der Waals surface area contributed by atoms with Gasteiger partial charge in [0.25, 0.3) is 0 Å². The van der Waals surface area contributed by atoms with Gasteiger partial charge in [-0.3, -0.25) is 4.68 Å². The zero-order valence-corrected chi connectivity index (χ0v) is 11.8. The number of carboxylic acids is 1. The molecule has 1 aliphatic carbocycles. The Balaban J connectivity index is 2.09. The van der Waals surface area contributed by atoms with E-state index in [0.29, 0.717) is 29.7 Å². The minimum atomic E-state index is -4.33. The fraction of sp³-hybridized carbons (Fsp3) is 0.385. The highest BCUT2D eigenvalue weighted by atomic mass is 32.1. The first-order chi connectivity index (χ1) is 9.76. The van der Waals surface area contributed by atoms with Gasteiger partial charge in [0.1, 0.15) is 11.4 Å². The van der Waals surface area contributed by atoms with Crippen molar-refractivity contribution in [2.45, 2.75) is 32.5 Å². The summed E-state index contributed by atoms with van der Waals surface area (Å²) in [6, 6.07) is 0. The number of thiophene rings is 1. The summed E-state index contributed by atoms with van der Waals surface area (Å²) < 4.78 is 38.2. The second kappa shape index (κ2) is 4.59. The molecular weight excluding hydrogens is 305 g/mol. The zero-order valence-electron chi connectivity index (χ0n) is 11.0. The third-order valence-corrected chi connectivity index (χ3v) is 4.57. The quantitative estimate of drug-likeness (QED) is 0.925. The fourth-order valence-corrected chi connectivity index (χ4v) is 3.74. The van der Waals surface area contributed by atoms with Crippen molar-refractivity contribution in [3.63, 3.8) is 0 Å². The highest BCUT2D eigenvalue weighted by Gasteiger charge is 2.32. The van der Waals surface area contributed by atoms with E-state index < -0.39 is 18.7 Å². The molecular formula is C13H11F3N2O2S. The number of alkyl halides is 3.